The van der Waals surface area contributed by atoms with E-state index in [2.05, 4.69) is 95.6 Å². The Kier molecular flexibility index (Phi) is 3.39. The van der Waals surface area contributed by atoms with E-state index in [0.717, 1.165) is 44.2 Å². The first-order chi connectivity index (χ1) is 16.9. The SMILES string of the molecule is c1ccc2c(c1)ccc1c3ccccc3n(-c3c4ccccc4nc4c3oc3ccccc34)c21. The lowest BCUT2D eigenvalue weighted by Gasteiger charge is -2.13. The third kappa shape index (κ3) is 2.23. The molecular weight excluding hydrogens is 416 g/mol. The zero-order chi connectivity index (χ0) is 22.2. The van der Waals surface area contributed by atoms with Gasteiger partial charge in [-0.1, -0.05) is 84.9 Å². The fraction of sp³-hybridized carbons (Fsp3) is 0. The molecule has 0 fully saturated rings. The van der Waals surface area contributed by atoms with E-state index in [1.807, 2.05) is 18.2 Å². The van der Waals surface area contributed by atoms with Gasteiger partial charge in [-0.15, -0.1) is 0 Å². The molecule has 3 heterocycles. The maximum absolute atomic E-state index is 6.54. The van der Waals surface area contributed by atoms with Crippen molar-refractivity contribution in [1.82, 2.24) is 9.55 Å². The minimum atomic E-state index is 0.815. The Morgan fingerprint density at radius 1 is 0.559 bits per heavy atom. The van der Waals surface area contributed by atoms with Crippen LogP contribution in [-0.2, 0) is 0 Å². The predicted octanol–water partition coefficient (Wildman–Crippen LogP) is 8.38. The van der Waals surface area contributed by atoms with Crippen LogP contribution >= 0.6 is 0 Å². The van der Waals surface area contributed by atoms with Crippen LogP contribution < -0.4 is 0 Å². The summed E-state index contributed by atoms with van der Waals surface area (Å²) in [7, 11) is 0. The van der Waals surface area contributed by atoms with E-state index >= 15 is 0 Å². The van der Waals surface area contributed by atoms with Crippen molar-refractivity contribution >= 4 is 65.6 Å². The molecule has 0 spiro atoms. The molecule has 0 N–H and O–H groups in total. The average Bonchev–Trinajstić information content (AvgIpc) is 3.43. The molecule has 8 rings (SSSR count). The van der Waals surface area contributed by atoms with Gasteiger partial charge >= 0.3 is 0 Å². The van der Waals surface area contributed by atoms with Gasteiger partial charge in [0.05, 0.1) is 16.6 Å². The summed E-state index contributed by atoms with van der Waals surface area (Å²) in [6.45, 7) is 0. The van der Waals surface area contributed by atoms with Gasteiger partial charge in [-0.2, -0.15) is 0 Å². The Morgan fingerprint density at radius 3 is 2.18 bits per heavy atom. The third-order valence-electron chi connectivity index (χ3n) is 6.96. The quantitative estimate of drug-likeness (QED) is 0.260. The van der Waals surface area contributed by atoms with Crippen LogP contribution in [0.25, 0.3) is 71.2 Å². The van der Waals surface area contributed by atoms with Gasteiger partial charge in [0.25, 0.3) is 0 Å². The number of hydrogen-bond acceptors (Lipinski definition) is 2. The van der Waals surface area contributed by atoms with Gasteiger partial charge in [-0.3, -0.25) is 0 Å². The van der Waals surface area contributed by atoms with Crippen LogP contribution in [-0.4, -0.2) is 9.55 Å². The largest absolute Gasteiger partial charge is 0.452 e. The zero-order valence-corrected chi connectivity index (χ0v) is 18.2. The summed E-state index contributed by atoms with van der Waals surface area (Å²) >= 11 is 0. The molecule has 0 aliphatic heterocycles. The van der Waals surface area contributed by atoms with E-state index in [4.69, 9.17) is 9.40 Å². The second kappa shape index (κ2) is 6.46. The highest BCUT2D eigenvalue weighted by molar-refractivity contribution is 6.21. The average molecular weight is 434 g/mol. The number of aromatic nitrogens is 2. The van der Waals surface area contributed by atoms with Crippen LogP contribution in [0, 0.1) is 0 Å². The number of fused-ring (bicyclic) bond motifs is 9. The second-order valence-corrected chi connectivity index (χ2v) is 8.79. The monoisotopic (exact) mass is 434 g/mol. The summed E-state index contributed by atoms with van der Waals surface area (Å²) in [4.78, 5) is 5.05. The predicted molar refractivity (Wildman–Crippen MR) is 141 cm³/mol. The minimum Gasteiger partial charge on any atom is -0.452 e. The summed E-state index contributed by atoms with van der Waals surface area (Å²) in [6, 6.07) is 38.2. The zero-order valence-electron chi connectivity index (χ0n) is 18.2. The number of para-hydroxylation sites is 3. The van der Waals surface area contributed by atoms with Gasteiger partial charge in [-0.05, 0) is 29.7 Å². The van der Waals surface area contributed by atoms with Crippen LogP contribution in [0.2, 0.25) is 0 Å². The van der Waals surface area contributed by atoms with Crippen molar-refractivity contribution < 1.29 is 4.42 Å². The first-order valence-electron chi connectivity index (χ1n) is 11.5. The lowest BCUT2D eigenvalue weighted by atomic mass is 10.1. The molecule has 0 bridgehead atoms. The van der Waals surface area contributed by atoms with Crippen molar-refractivity contribution in [2.45, 2.75) is 0 Å². The van der Waals surface area contributed by atoms with Crippen LogP contribution in [0.5, 0.6) is 0 Å². The fourth-order valence-electron chi connectivity index (χ4n) is 5.50. The van der Waals surface area contributed by atoms with Crippen molar-refractivity contribution in [2.75, 3.05) is 0 Å². The van der Waals surface area contributed by atoms with Gasteiger partial charge in [0.15, 0.2) is 5.58 Å². The molecule has 0 unspecified atom stereocenters. The highest BCUT2D eigenvalue weighted by Gasteiger charge is 2.22. The summed E-state index contributed by atoms with van der Waals surface area (Å²) < 4.78 is 8.93. The van der Waals surface area contributed by atoms with Crippen LogP contribution in [0.4, 0.5) is 0 Å². The van der Waals surface area contributed by atoms with E-state index in [9.17, 15) is 0 Å². The van der Waals surface area contributed by atoms with Crippen molar-refractivity contribution in [3.63, 3.8) is 0 Å². The molecule has 0 saturated carbocycles. The van der Waals surface area contributed by atoms with Crippen molar-refractivity contribution in [2.24, 2.45) is 0 Å². The molecular formula is C31H18N2O. The summed E-state index contributed by atoms with van der Waals surface area (Å²) in [5.41, 5.74) is 6.92. The third-order valence-corrected chi connectivity index (χ3v) is 6.96. The van der Waals surface area contributed by atoms with E-state index in [1.54, 1.807) is 0 Å². The molecule has 0 aliphatic carbocycles. The van der Waals surface area contributed by atoms with Gasteiger partial charge in [0, 0.05) is 26.9 Å². The number of nitrogens with zero attached hydrogens (tertiary/aromatic N) is 2. The molecule has 3 aromatic heterocycles. The van der Waals surface area contributed by atoms with E-state index in [0.29, 0.717) is 0 Å². The summed E-state index contributed by atoms with van der Waals surface area (Å²) in [5.74, 6) is 0. The Morgan fingerprint density at radius 2 is 1.26 bits per heavy atom. The van der Waals surface area contributed by atoms with Gasteiger partial charge in [-0.25, -0.2) is 4.98 Å². The Bertz CT molecular complexity index is 2080. The second-order valence-electron chi connectivity index (χ2n) is 8.79. The van der Waals surface area contributed by atoms with Crippen molar-refractivity contribution in [3.05, 3.63) is 109 Å². The van der Waals surface area contributed by atoms with Crippen LogP contribution in [0.15, 0.2) is 114 Å². The highest BCUT2D eigenvalue weighted by Crippen LogP contribution is 2.42. The number of hydrogen-bond donors (Lipinski definition) is 0. The Hall–Kier alpha value is -4.63. The van der Waals surface area contributed by atoms with E-state index in [1.165, 1.54) is 27.1 Å². The lowest BCUT2D eigenvalue weighted by molar-refractivity contribution is 0.666. The number of benzene rings is 5. The fourth-order valence-corrected chi connectivity index (χ4v) is 5.50. The molecule has 34 heavy (non-hydrogen) atoms. The van der Waals surface area contributed by atoms with Gasteiger partial charge in [0.2, 0.25) is 0 Å². The minimum absolute atomic E-state index is 0.815. The Labute approximate surface area is 194 Å². The van der Waals surface area contributed by atoms with E-state index in [-0.39, 0.29) is 0 Å². The number of pyridine rings is 1. The molecule has 8 aromatic rings. The van der Waals surface area contributed by atoms with Crippen LogP contribution in [0.1, 0.15) is 0 Å². The molecule has 0 saturated heterocycles. The smallest absolute Gasteiger partial charge is 0.178 e. The van der Waals surface area contributed by atoms with Crippen molar-refractivity contribution in [3.8, 4) is 5.69 Å². The van der Waals surface area contributed by atoms with Gasteiger partial charge in [0.1, 0.15) is 16.8 Å². The van der Waals surface area contributed by atoms with E-state index < -0.39 is 0 Å². The molecule has 0 atom stereocenters. The van der Waals surface area contributed by atoms with Crippen LogP contribution in [0.3, 0.4) is 0 Å². The molecule has 5 aromatic carbocycles. The summed E-state index contributed by atoms with van der Waals surface area (Å²) in [5, 5.41) is 7.02. The van der Waals surface area contributed by atoms with Gasteiger partial charge < -0.3 is 8.98 Å². The normalized spacial score (nSPS) is 12.1. The number of rotatable bonds is 1. The highest BCUT2D eigenvalue weighted by atomic mass is 16.3. The molecule has 3 heteroatoms. The maximum Gasteiger partial charge on any atom is 0.178 e. The first-order valence-corrected chi connectivity index (χ1v) is 11.5. The molecule has 0 amide bonds. The topological polar surface area (TPSA) is 31.0 Å². The molecule has 0 aliphatic rings. The maximum atomic E-state index is 6.54. The Balaban J connectivity index is 1.71. The van der Waals surface area contributed by atoms with Crippen molar-refractivity contribution in [1.29, 1.82) is 0 Å². The molecule has 3 nitrogen and oxygen atoms in total. The first kappa shape index (κ1) is 17.9. The lowest BCUT2D eigenvalue weighted by Crippen LogP contribution is -1.98. The number of furan rings is 1. The standard InChI is InChI=1S/C31H18N2O/c1-2-10-20-19(9-1)17-18-22-21-11-4-7-15-26(21)33(29(20)22)30-23-12-3-6-14-25(23)32-28-24-13-5-8-16-27(24)34-31(28)30/h1-18H. The molecule has 0 radical (unpaired) electrons. The summed E-state index contributed by atoms with van der Waals surface area (Å²) in [6.07, 6.45) is 0. The molecule has 158 valence electrons.